The number of hydrogen-bond acceptors (Lipinski definition) is 4. The Morgan fingerprint density at radius 1 is 1.03 bits per heavy atom. The van der Waals surface area contributed by atoms with Crippen LogP contribution < -0.4 is 0 Å². The minimum Gasteiger partial charge on any atom is -0.327 e. The number of nitrogens with zero attached hydrogens (tertiary/aromatic N) is 6. The molecule has 1 amide bonds. The van der Waals surface area contributed by atoms with Crippen LogP contribution in [0.3, 0.4) is 0 Å². The average molecular weight is 425 g/mol. The lowest BCUT2D eigenvalue weighted by Gasteiger charge is -2.45. The molecule has 0 radical (unpaired) electrons. The van der Waals surface area contributed by atoms with Gasteiger partial charge in [0.2, 0.25) is 0 Å². The predicted octanol–water partition coefficient (Wildman–Crippen LogP) is 3.96. The molecule has 1 saturated heterocycles. The number of hydrogen-bond donors (Lipinski definition) is 0. The number of amides is 1. The largest absolute Gasteiger partial charge is 0.327 e. The van der Waals surface area contributed by atoms with Crippen LogP contribution >= 0.6 is 0 Å². The molecule has 4 aromatic rings. The van der Waals surface area contributed by atoms with Crippen LogP contribution in [0.5, 0.6) is 0 Å². The molecule has 7 heteroatoms. The number of carbonyl (C=O) groups is 1. The standard InChI is InChI=1S/C25H24N6O/c1-29-24(17-6-3-2-4-7-17)21-14-20-8-5-9-22(23(21)28-29)31(20)25(32)18-10-12-19(13-11-18)30-16-26-15-27-30/h2-4,6-7,10-13,15-16,20,22H,5,8-9,14H2,1H3/t20-,22+/m1/s1. The van der Waals surface area contributed by atoms with Crippen LogP contribution in [0.4, 0.5) is 0 Å². The van der Waals surface area contributed by atoms with Crippen LogP contribution in [0.15, 0.2) is 67.3 Å². The summed E-state index contributed by atoms with van der Waals surface area (Å²) in [6, 6.07) is 18.3. The fourth-order valence-corrected chi connectivity index (χ4v) is 5.35. The van der Waals surface area contributed by atoms with E-state index in [2.05, 4.69) is 39.2 Å². The average Bonchev–Trinajstić information content (AvgIpc) is 3.47. The molecular weight excluding hydrogens is 400 g/mol. The van der Waals surface area contributed by atoms with Gasteiger partial charge in [-0.3, -0.25) is 9.48 Å². The summed E-state index contributed by atoms with van der Waals surface area (Å²) in [4.78, 5) is 19.7. The highest BCUT2D eigenvalue weighted by atomic mass is 16.2. The van der Waals surface area contributed by atoms with Crippen molar-refractivity contribution in [3.05, 3.63) is 84.1 Å². The Morgan fingerprint density at radius 3 is 2.59 bits per heavy atom. The van der Waals surface area contributed by atoms with E-state index in [-0.39, 0.29) is 18.0 Å². The lowest BCUT2D eigenvalue weighted by atomic mass is 9.81. The summed E-state index contributed by atoms with van der Waals surface area (Å²) in [5.41, 5.74) is 6.33. The third-order valence-electron chi connectivity index (χ3n) is 6.76. The topological polar surface area (TPSA) is 68.8 Å². The summed E-state index contributed by atoms with van der Waals surface area (Å²) in [6.45, 7) is 0. The first-order valence-electron chi connectivity index (χ1n) is 11.1. The summed E-state index contributed by atoms with van der Waals surface area (Å²) in [5, 5.41) is 9.08. The maximum atomic E-state index is 13.6. The zero-order chi connectivity index (χ0) is 21.7. The van der Waals surface area contributed by atoms with Crippen molar-refractivity contribution in [1.29, 1.82) is 0 Å². The highest BCUT2D eigenvalue weighted by molar-refractivity contribution is 5.95. The van der Waals surface area contributed by atoms with Crippen molar-refractivity contribution < 1.29 is 4.79 Å². The molecule has 0 spiro atoms. The molecule has 1 fully saturated rings. The van der Waals surface area contributed by atoms with Crippen molar-refractivity contribution >= 4 is 5.91 Å². The van der Waals surface area contributed by atoms with Crippen molar-refractivity contribution in [2.24, 2.45) is 7.05 Å². The van der Waals surface area contributed by atoms with Crippen LogP contribution in [-0.2, 0) is 13.5 Å². The summed E-state index contributed by atoms with van der Waals surface area (Å²) in [5.74, 6) is 0.0856. The van der Waals surface area contributed by atoms with Crippen molar-refractivity contribution in [3.8, 4) is 16.9 Å². The van der Waals surface area contributed by atoms with Gasteiger partial charge in [0, 0.05) is 29.8 Å². The highest BCUT2D eigenvalue weighted by Gasteiger charge is 2.43. The predicted molar refractivity (Wildman–Crippen MR) is 120 cm³/mol. The van der Waals surface area contributed by atoms with E-state index < -0.39 is 0 Å². The molecule has 160 valence electrons. The third kappa shape index (κ3) is 2.96. The molecule has 0 saturated carbocycles. The molecule has 2 aromatic carbocycles. The monoisotopic (exact) mass is 424 g/mol. The van der Waals surface area contributed by atoms with Gasteiger partial charge < -0.3 is 4.90 Å². The number of rotatable bonds is 3. The number of aromatic nitrogens is 5. The van der Waals surface area contributed by atoms with Crippen molar-refractivity contribution in [1.82, 2.24) is 29.4 Å². The van der Waals surface area contributed by atoms with E-state index in [9.17, 15) is 4.79 Å². The molecular formula is C25H24N6O. The summed E-state index contributed by atoms with van der Waals surface area (Å²) >= 11 is 0. The fraction of sp³-hybridized carbons (Fsp3) is 0.280. The minimum absolute atomic E-state index is 0.0312. The van der Waals surface area contributed by atoms with E-state index in [1.807, 2.05) is 42.1 Å². The first-order valence-corrected chi connectivity index (χ1v) is 11.1. The fourth-order valence-electron chi connectivity index (χ4n) is 5.35. The van der Waals surface area contributed by atoms with Gasteiger partial charge in [0.1, 0.15) is 12.7 Å². The Hall–Kier alpha value is -3.74. The molecule has 0 unspecified atom stereocenters. The number of carbonyl (C=O) groups excluding carboxylic acids is 1. The van der Waals surface area contributed by atoms with Crippen molar-refractivity contribution in [2.45, 2.75) is 37.8 Å². The number of piperidine rings is 1. The van der Waals surface area contributed by atoms with Crippen LogP contribution in [0.25, 0.3) is 16.9 Å². The van der Waals surface area contributed by atoms with Gasteiger partial charge in [-0.05, 0) is 49.9 Å². The number of aryl methyl sites for hydroxylation is 1. The molecule has 2 aliphatic rings. The van der Waals surface area contributed by atoms with E-state index in [1.165, 1.54) is 23.1 Å². The molecule has 32 heavy (non-hydrogen) atoms. The SMILES string of the molecule is Cn1nc2c(c1-c1ccccc1)C[C@H]1CCC[C@@H]2N1C(=O)c1ccc(-n2cncn2)cc1. The first-order chi connectivity index (χ1) is 15.7. The molecule has 6 rings (SSSR count). The van der Waals surface area contributed by atoms with Gasteiger partial charge in [0.15, 0.2) is 0 Å². The van der Waals surface area contributed by atoms with Crippen LogP contribution in [0.2, 0.25) is 0 Å². The second-order valence-electron chi connectivity index (χ2n) is 8.61. The normalized spacial score (nSPS) is 19.6. The van der Waals surface area contributed by atoms with Gasteiger partial charge >= 0.3 is 0 Å². The first kappa shape index (κ1) is 19.0. The lowest BCUT2D eigenvalue weighted by molar-refractivity contribution is 0.0392. The van der Waals surface area contributed by atoms with Crippen molar-refractivity contribution in [3.63, 3.8) is 0 Å². The summed E-state index contributed by atoms with van der Waals surface area (Å²) in [7, 11) is 2.01. The molecule has 2 aromatic heterocycles. The number of benzene rings is 2. The molecule has 2 aliphatic heterocycles. The Kier molecular flexibility index (Phi) is 4.41. The van der Waals surface area contributed by atoms with Gasteiger partial charge in [0.05, 0.1) is 23.1 Å². The molecule has 0 aliphatic carbocycles. The maximum Gasteiger partial charge on any atom is 0.254 e. The van der Waals surface area contributed by atoms with Gasteiger partial charge in [-0.15, -0.1) is 0 Å². The smallest absolute Gasteiger partial charge is 0.254 e. The van der Waals surface area contributed by atoms with Crippen molar-refractivity contribution in [2.75, 3.05) is 0 Å². The highest BCUT2D eigenvalue weighted by Crippen LogP contribution is 2.45. The van der Waals surface area contributed by atoms with E-state index in [0.717, 1.165) is 37.1 Å². The third-order valence-corrected chi connectivity index (χ3v) is 6.76. The second-order valence-corrected chi connectivity index (χ2v) is 8.61. The Morgan fingerprint density at radius 2 is 1.84 bits per heavy atom. The number of fused-ring (bicyclic) bond motifs is 4. The Balaban J connectivity index is 1.35. The Labute approximate surface area is 186 Å². The van der Waals surface area contributed by atoms with E-state index in [4.69, 9.17) is 5.10 Å². The van der Waals surface area contributed by atoms with Gasteiger partial charge in [0.25, 0.3) is 5.91 Å². The van der Waals surface area contributed by atoms with Crippen LogP contribution in [-0.4, -0.2) is 41.4 Å². The zero-order valence-corrected chi connectivity index (χ0v) is 17.9. The quantitative estimate of drug-likeness (QED) is 0.499. The van der Waals surface area contributed by atoms with Gasteiger partial charge in [-0.2, -0.15) is 10.2 Å². The van der Waals surface area contributed by atoms with Gasteiger partial charge in [-0.1, -0.05) is 30.3 Å². The van der Waals surface area contributed by atoms with Crippen LogP contribution in [0, 0.1) is 0 Å². The maximum absolute atomic E-state index is 13.6. The lowest BCUT2D eigenvalue weighted by Crippen LogP contribution is -2.49. The summed E-state index contributed by atoms with van der Waals surface area (Å²) in [6.07, 6.45) is 7.12. The van der Waals surface area contributed by atoms with E-state index in [1.54, 1.807) is 11.0 Å². The Bertz CT molecular complexity index is 1260. The molecule has 2 bridgehead atoms. The minimum atomic E-state index is 0.0312. The van der Waals surface area contributed by atoms with Gasteiger partial charge in [-0.25, -0.2) is 9.67 Å². The van der Waals surface area contributed by atoms with Crippen LogP contribution in [0.1, 0.15) is 46.9 Å². The molecule has 4 heterocycles. The van der Waals surface area contributed by atoms with E-state index >= 15 is 0 Å². The van der Waals surface area contributed by atoms with E-state index in [0.29, 0.717) is 5.56 Å². The summed E-state index contributed by atoms with van der Waals surface area (Å²) < 4.78 is 3.69. The second kappa shape index (κ2) is 7.44. The molecule has 7 nitrogen and oxygen atoms in total. The molecule has 0 N–H and O–H groups in total. The zero-order valence-electron chi connectivity index (χ0n) is 17.9. The molecule has 2 atom stereocenters.